The molecule has 0 heterocycles. The van der Waals surface area contributed by atoms with Gasteiger partial charge in [-0.3, -0.25) is 9.36 Å². The molecule has 0 aliphatic carbocycles. The molecule has 0 aliphatic rings. The minimum absolute atomic E-state index is 0.00714. The Hall–Kier alpha value is -1.85. The number of esters is 1. The maximum atomic E-state index is 13.0. The van der Waals surface area contributed by atoms with Crippen molar-refractivity contribution >= 4 is 19.4 Å². The highest BCUT2D eigenvalue weighted by atomic mass is 31.2. The molecule has 0 radical (unpaired) electrons. The Morgan fingerprint density at radius 2 is 1.84 bits per heavy atom. The van der Waals surface area contributed by atoms with Crippen LogP contribution in [-0.4, -0.2) is 38.2 Å². The molecule has 1 rings (SSSR count). The van der Waals surface area contributed by atoms with Crippen LogP contribution in [-0.2, 0) is 30.0 Å². The van der Waals surface area contributed by atoms with Crippen LogP contribution in [0, 0.1) is 5.92 Å². The zero-order chi connectivity index (χ0) is 18.9. The van der Waals surface area contributed by atoms with E-state index in [0.717, 1.165) is 5.56 Å². The second-order valence-electron chi connectivity index (χ2n) is 5.60. The van der Waals surface area contributed by atoms with E-state index in [0.29, 0.717) is 6.42 Å². The van der Waals surface area contributed by atoms with Crippen molar-refractivity contribution in [2.24, 2.45) is 5.92 Å². The number of carbonyl (C=O) groups excluding carboxylic acids is 2. The van der Waals surface area contributed by atoms with Crippen LogP contribution in [0.4, 0.5) is 4.79 Å². The highest BCUT2D eigenvalue weighted by Gasteiger charge is 2.36. The van der Waals surface area contributed by atoms with Gasteiger partial charge in [0.1, 0.15) is 12.4 Å². The van der Waals surface area contributed by atoms with Crippen molar-refractivity contribution in [1.29, 1.82) is 0 Å². The number of hydrogen-bond donors (Lipinski definition) is 1. The quantitative estimate of drug-likeness (QED) is 0.529. The van der Waals surface area contributed by atoms with Gasteiger partial charge in [0.2, 0.25) is 7.37 Å². The van der Waals surface area contributed by atoms with Gasteiger partial charge in [-0.05, 0) is 18.9 Å². The van der Waals surface area contributed by atoms with E-state index < -0.39 is 31.1 Å². The van der Waals surface area contributed by atoms with Crippen molar-refractivity contribution in [3.63, 3.8) is 0 Å². The average Bonchev–Trinajstić information content (AvgIpc) is 2.64. The second-order valence-corrected chi connectivity index (χ2v) is 8.56. The number of methoxy groups -OCH3 is 1. The molecule has 8 heteroatoms. The van der Waals surface area contributed by atoms with E-state index in [2.05, 4.69) is 5.32 Å². The molecule has 0 spiro atoms. The number of alkyl carbamates (subject to hydrolysis) is 1. The molecular weight excluding hydrogens is 345 g/mol. The number of carbonyl (C=O) groups is 2. The van der Waals surface area contributed by atoms with Crippen LogP contribution < -0.4 is 5.32 Å². The summed E-state index contributed by atoms with van der Waals surface area (Å²) in [6.07, 6.45) is -0.238. The van der Waals surface area contributed by atoms with Crippen molar-refractivity contribution in [1.82, 2.24) is 5.32 Å². The SMILES string of the molecule is CCC(CP(=O)(OC)C(C)NC(=O)OCc1ccccc1)C(=O)OC. The summed E-state index contributed by atoms with van der Waals surface area (Å²) in [5.74, 6) is -1.79. The van der Waals surface area contributed by atoms with Crippen molar-refractivity contribution in [3.8, 4) is 0 Å². The summed E-state index contributed by atoms with van der Waals surface area (Å²) < 4.78 is 28.0. The molecule has 25 heavy (non-hydrogen) atoms. The number of ether oxygens (including phenoxy) is 2. The van der Waals surface area contributed by atoms with Crippen LogP contribution in [0.25, 0.3) is 0 Å². The minimum atomic E-state index is -3.29. The average molecular weight is 371 g/mol. The Bertz CT molecular complexity index is 606. The zero-order valence-corrected chi connectivity index (χ0v) is 16.0. The van der Waals surface area contributed by atoms with Crippen LogP contribution in [0.3, 0.4) is 0 Å². The van der Waals surface area contributed by atoms with Crippen LogP contribution in [0.5, 0.6) is 0 Å². The number of benzene rings is 1. The predicted molar refractivity (Wildman–Crippen MR) is 94.5 cm³/mol. The summed E-state index contributed by atoms with van der Waals surface area (Å²) in [6, 6.07) is 9.22. The first-order valence-electron chi connectivity index (χ1n) is 8.05. The fourth-order valence-corrected chi connectivity index (χ4v) is 4.37. The summed E-state index contributed by atoms with van der Waals surface area (Å²) >= 11 is 0. The predicted octanol–water partition coefficient (Wildman–Crippen LogP) is 3.38. The number of hydrogen-bond acceptors (Lipinski definition) is 6. The molecule has 0 bridgehead atoms. The van der Waals surface area contributed by atoms with Gasteiger partial charge in [0.05, 0.1) is 13.0 Å². The molecule has 7 nitrogen and oxygen atoms in total. The van der Waals surface area contributed by atoms with Crippen LogP contribution >= 0.6 is 7.37 Å². The first-order valence-corrected chi connectivity index (χ1v) is 9.93. The molecule has 1 amide bonds. The van der Waals surface area contributed by atoms with Crippen molar-refractivity contribution in [2.45, 2.75) is 32.7 Å². The lowest BCUT2D eigenvalue weighted by atomic mass is 10.1. The Morgan fingerprint density at radius 1 is 1.20 bits per heavy atom. The highest BCUT2D eigenvalue weighted by molar-refractivity contribution is 7.59. The highest BCUT2D eigenvalue weighted by Crippen LogP contribution is 2.52. The molecule has 0 fully saturated rings. The normalized spacial score (nSPS) is 15.5. The molecule has 0 aliphatic heterocycles. The lowest BCUT2D eigenvalue weighted by molar-refractivity contribution is -0.144. The maximum absolute atomic E-state index is 13.0. The Morgan fingerprint density at radius 3 is 2.36 bits per heavy atom. The van der Waals surface area contributed by atoms with Crippen LogP contribution in [0.1, 0.15) is 25.8 Å². The third-order valence-electron chi connectivity index (χ3n) is 3.94. The van der Waals surface area contributed by atoms with E-state index in [1.807, 2.05) is 30.3 Å². The lowest BCUT2D eigenvalue weighted by Crippen LogP contribution is -2.35. The van der Waals surface area contributed by atoms with E-state index in [9.17, 15) is 14.2 Å². The summed E-state index contributed by atoms with van der Waals surface area (Å²) in [7, 11) is -0.706. The van der Waals surface area contributed by atoms with Crippen molar-refractivity contribution in [3.05, 3.63) is 35.9 Å². The Balaban J connectivity index is 2.64. The fraction of sp³-hybridized carbons (Fsp3) is 0.529. The molecular formula is C17H26NO6P. The smallest absolute Gasteiger partial charge is 0.408 e. The summed E-state index contributed by atoms with van der Waals surface area (Å²) in [5.41, 5.74) is 0.844. The number of amides is 1. The van der Waals surface area contributed by atoms with Gasteiger partial charge in [-0.2, -0.15) is 0 Å². The lowest BCUT2D eigenvalue weighted by Gasteiger charge is -2.26. The zero-order valence-electron chi connectivity index (χ0n) is 15.1. The van der Waals surface area contributed by atoms with Gasteiger partial charge in [0, 0.05) is 13.3 Å². The second kappa shape index (κ2) is 10.2. The summed E-state index contributed by atoms with van der Waals surface area (Å²) in [4.78, 5) is 23.7. The molecule has 1 N–H and O–H groups in total. The third-order valence-corrected chi connectivity index (χ3v) is 6.82. The van der Waals surface area contributed by atoms with E-state index in [4.69, 9.17) is 14.0 Å². The van der Waals surface area contributed by atoms with Gasteiger partial charge < -0.3 is 19.3 Å². The monoisotopic (exact) mass is 371 g/mol. The maximum Gasteiger partial charge on any atom is 0.408 e. The molecule has 0 saturated heterocycles. The van der Waals surface area contributed by atoms with Crippen LogP contribution in [0.15, 0.2) is 30.3 Å². The minimum Gasteiger partial charge on any atom is -0.469 e. The standard InChI is InChI=1S/C17H26NO6P/c1-5-15(16(19)22-3)12-25(21,23-4)13(2)18-17(20)24-11-14-9-7-6-8-10-14/h6-10,13,15H,5,11-12H2,1-4H3,(H,18,20). The van der Waals surface area contributed by atoms with Gasteiger partial charge in [-0.15, -0.1) is 0 Å². The molecule has 0 saturated carbocycles. The first-order chi connectivity index (χ1) is 11.9. The summed E-state index contributed by atoms with van der Waals surface area (Å²) in [5, 5.41) is 2.53. The van der Waals surface area contributed by atoms with E-state index in [1.165, 1.54) is 14.2 Å². The van der Waals surface area contributed by atoms with E-state index in [-0.39, 0.29) is 12.8 Å². The molecule has 140 valence electrons. The van der Waals surface area contributed by atoms with Crippen molar-refractivity contribution < 1.29 is 28.2 Å². The van der Waals surface area contributed by atoms with Gasteiger partial charge in [0.15, 0.2) is 0 Å². The molecule has 3 atom stereocenters. The summed E-state index contributed by atoms with van der Waals surface area (Å²) in [6.45, 7) is 3.47. The Kier molecular flexibility index (Phi) is 8.66. The van der Waals surface area contributed by atoms with Gasteiger partial charge in [-0.25, -0.2) is 4.79 Å². The van der Waals surface area contributed by atoms with Gasteiger partial charge in [-0.1, -0.05) is 37.3 Å². The Labute approximate surface area is 148 Å². The van der Waals surface area contributed by atoms with Gasteiger partial charge >= 0.3 is 12.1 Å². The van der Waals surface area contributed by atoms with E-state index in [1.54, 1.807) is 13.8 Å². The molecule has 0 aromatic heterocycles. The first kappa shape index (κ1) is 21.2. The largest absolute Gasteiger partial charge is 0.469 e. The van der Waals surface area contributed by atoms with Crippen LogP contribution in [0.2, 0.25) is 0 Å². The van der Waals surface area contributed by atoms with E-state index >= 15 is 0 Å². The molecule has 3 unspecified atom stereocenters. The van der Waals surface area contributed by atoms with Crippen molar-refractivity contribution in [2.75, 3.05) is 20.4 Å². The number of nitrogens with one attached hydrogen (secondary N) is 1. The number of rotatable bonds is 9. The molecule has 1 aromatic carbocycles. The molecule has 1 aromatic rings. The topological polar surface area (TPSA) is 90.9 Å². The fourth-order valence-electron chi connectivity index (χ4n) is 2.27. The third kappa shape index (κ3) is 6.52. The van der Waals surface area contributed by atoms with Gasteiger partial charge in [0.25, 0.3) is 0 Å².